The average Bonchev–Trinajstić information content (AvgIpc) is 3.47. The molecular formula is C70H52N2O2. The lowest BCUT2D eigenvalue weighted by molar-refractivity contribution is -0.130. The summed E-state index contributed by atoms with van der Waals surface area (Å²) >= 11 is 0. The van der Waals surface area contributed by atoms with Crippen molar-refractivity contribution in [1.82, 2.24) is 0 Å². The second kappa shape index (κ2) is 21.3. The number of rotatable bonds is 14. The quantitative estimate of drug-likeness (QED) is 0.0618. The van der Waals surface area contributed by atoms with Gasteiger partial charge in [0.15, 0.2) is 0 Å². The van der Waals surface area contributed by atoms with Gasteiger partial charge >= 0.3 is 5.97 Å². The number of hydrogen-bond acceptors (Lipinski definition) is 4. The van der Waals surface area contributed by atoms with E-state index in [-0.39, 0.29) is 0 Å². The summed E-state index contributed by atoms with van der Waals surface area (Å²) < 4.78 is 5.39. The van der Waals surface area contributed by atoms with Crippen molar-refractivity contribution in [2.24, 2.45) is 0 Å². The Morgan fingerprint density at radius 1 is 0.270 bits per heavy atom. The first kappa shape index (κ1) is 46.6. The molecule has 0 unspecified atom stereocenters. The van der Waals surface area contributed by atoms with E-state index in [2.05, 4.69) is 271 Å². The Morgan fingerprint density at radius 3 is 0.649 bits per heavy atom. The largest absolute Gasteiger partial charge is 0.423 e. The van der Waals surface area contributed by atoms with Crippen molar-refractivity contribution in [3.8, 4) is 72.5 Å². The third-order valence-corrected chi connectivity index (χ3v) is 13.4. The second-order valence-electron chi connectivity index (χ2n) is 18.3. The first-order valence-electron chi connectivity index (χ1n) is 24.9. The van der Waals surface area contributed by atoms with Crippen LogP contribution in [0.3, 0.4) is 0 Å². The Morgan fingerprint density at radius 2 is 0.446 bits per heavy atom. The molecule has 0 amide bonds. The number of carbonyl (C=O) groups is 1. The van der Waals surface area contributed by atoms with Crippen molar-refractivity contribution in [2.45, 2.75) is 6.92 Å². The van der Waals surface area contributed by atoms with E-state index in [9.17, 15) is 4.79 Å². The zero-order chi connectivity index (χ0) is 50.2. The minimum Gasteiger partial charge on any atom is -0.423 e. The van der Waals surface area contributed by atoms with Crippen molar-refractivity contribution in [1.29, 1.82) is 0 Å². The SMILES string of the molecule is C=C(C)C(=O)Oc1ccc(-c2ccc(-c3ccc(N(c4ccc(-c5ccccc5)cc4)c4ccc(-c5ccc(N(c6ccc(-c7ccccc7)cc6)c6ccc(-c7ccccc7)cc6)cc5)cc4)cc3)cc2)cc1. The molecule has 0 saturated heterocycles. The van der Waals surface area contributed by atoms with Crippen molar-refractivity contribution < 1.29 is 9.53 Å². The normalized spacial score (nSPS) is 10.9. The van der Waals surface area contributed by atoms with Crippen LogP contribution in [0.2, 0.25) is 0 Å². The number of carbonyl (C=O) groups excluding carboxylic acids is 1. The molecule has 0 atom stereocenters. The molecule has 0 bridgehead atoms. The van der Waals surface area contributed by atoms with Gasteiger partial charge in [0.1, 0.15) is 5.75 Å². The van der Waals surface area contributed by atoms with E-state index >= 15 is 0 Å². The molecule has 4 nitrogen and oxygen atoms in total. The topological polar surface area (TPSA) is 32.8 Å². The van der Waals surface area contributed by atoms with Gasteiger partial charge in [-0.25, -0.2) is 4.79 Å². The molecule has 0 aliphatic carbocycles. The third-order valence-electron chi connectivity index (χ3n) is 13.4. The van der Waals surface area contributed by atoms with Crippen LogP contribution < -0.4 is 14.5 Å². The lowest BCUT2D eigenvalue weighted by Crippen LogP contribution is -2.10. The van der Waals surface area contributed by atoms with Gasteiger partial charge in [0, 0.05) is 39.7 Å². The van der Waals surface area contributed by atoms with E-state index in [4.69, 9.17) is 4.74 Å². The van der Waals surface area contributed by atoms with Crippen LogP contribution in [0.15, 0.2) is 297 Å². The van der Waals surface area contributed by atoms with Gasteiger partial charge in [-0.15, -0.1) is 0 Å². The molecule has 11 aromatic rings. The van der Waals surface area contributed by atoms with Gasteiger partial charge in [-0.2, -0.15) is 0 Å². The smallest absolute Gasteiger partial charge is 0.338 e. The first-order chi connectivity index (χ1) is 36.4. The Labute approximate surface area is 434 Å². The molecule has 0 aliphatic heterocycles. The van der Waals surface area contributed by atoms with Crippen LogP contribution in [0, 0.1) is 0 Å². The van der Waals surface area contributed by atoms with Gasteiger partial charge < -0.3 is 14.5 Å². The van der Waals surface area contributed by atoms with E-state index in [1.165, 1.54) is 33.4 Å². The first-order valence-corrected chi connectivity index (χ1v) is 24.9. The van der Waals surface area contributed by atoms with Gasteiger partial charge in [-0.05, 0) is 159 Å². The van der Waals surface area contributed by atoms with Gasteiger partial charge in [0.05, 0.1) is 0 Å². The zero-order valence-corrected chi connectivity index (χ0v) is 41.1. The summed E-state index contributed by atoms with van der Waals surface area (Å²) in [5.74, 6) is 0.0630. The Kier molecular flexibility index (Phi) is 13.4. The van der Waals surface area contributed by atoms with Crippen molar-refractivity contribution in [3.63, 3.8) is 0 Å². The fourth-order valence-electron chi connectivity index (χ4n) is 9.37. The van der Waals surface area contributed by atoms with Crippen molar-refractivity contribution in [2.75, 3.05) is 9.80 Å². The standard InChI is InChI=1S/C70H52N2O2/c1-50(2)70(73)74-69-48-34-62(35-49-69)55-20-18-54(19-21-55)59-28-42-66(43-29-59)72(65-40-26-58(27-41-65)53-16-10-5-11-17-53)68-46-32-61(33-47-68)60-30-44-67(45-31-60)71(63-36-22-56(23-37-63)51-12-6-3-7-13-51)64-38-24-57(25-39-64)52-14-8-4-9-15-52/h3-49H,1H2,2H3. The van der Waals surface area contributed by atoms with E-state index < -0.39 is 5.97 Å². The highest BCUT2D eigenvalue weighted by Gasteiger charge is 2.17. The monoisotopic (exact) mass is 952 g/mol. The summed E-state index contributed by atoms with van der Waals surface area (Å²) in [4.78, 5) is 16.6. The summed E-state index contributed by atoms with van der Waals surface area (Å²) in [7, 11) is 0. The Balaban J connectivity index is 0.867. The van der Waals surface area contributed by atoms with Gasteiger partial charge in [-0.1, -0.05) is 207 Å². The van der Waals surface area contributed by atoms with Crippen LogP contribution in [0.5, 0.6) is 5.75 Å². The van der Waals surface area contributed by atoms with Gasteiger partial charge in [0.2, 0.25) is 0 Å². The summed E-state index contributed by atoms with van der Waals surface area (Å²) in [6.45, 7) is 5.31. The van der Waals surface area contributed by atoms with Crippen LogP contribution in [0.1, 0.15) is 6.92 Å². The zero-order valence-electron chi connectivity index (χ0n) is 41.1. The van der Waals surface area contributed by atoms with E-state index in [0.29, 0.717) is 11.3 Å². The van der Waals surface area contributed by atoms with E-state index in [0.717, 1.165) is 67.5 Å². The van der Waals surface area contributed by atoms with Gasteiger partial charge in [0.25, 0.3) is 0 Å². The number of benzene rings is 11. The molecule has 4 heteroatoms. The maximum absolute atomic E-state index is 12.0. The number of ether oxygens (including phenoxy) is 1. The van der Waals surface area contributed by atoms with E-state index in [1.54, 1.807) is 6.92 Å². The Bertz CT molecular complexity index is 3550. The number of hydrogen-bond donors (Lipinski definition) is 0. The average molecular weight is 953 g/mol. The van der Waals surface area contributed by atoms with Crippen molar-refractivity contribution in [3.05, 3.63) is 297 Å². The molecule has 0 radical (unpaired) electrons. The predicted octanol–water partition coefficient (Wildman–Crippen LogP) is 19.1. The molecule has 11 rings (SSSR count). The van der Waals surface area contributed by atoms with Crippen LogP contribution >= 0.6 is 0 Å². The lowest BCUT2D eigenvalue weighted by Gasteiger charge is -2.27. The number of esters is 1. The maximum atomic E-state index is 12.0. The molecule has 74 heavy (non-hydrogen) atoms. The third kappa shape index (κ3) is 10.3. The summed E-state index contributed by atoms with van der Waals surface area (Å²) in [6, 6.07) is 101. The van der Waals surface area contributed by atoms with Crippen LogP contribution in [0.4, 0.5) is 34.1 Å². The predicted molar refractivity (Wildman–Crippen MR) is 309 cm³/mol. The number of anilines is 6. The molecule has 11 aromatic carbocycles. The van der Waals surface area contributed by atoms with E-state index in [1.807, 2.05) is 30.3 Å². The number of nitrogens with zero attached hydrogens (tertiary/aromatic N) is 2. The highest BCUT2D eigenvalue weighted by Crippen LogP contribution is 2.40. The summed E-state index contributed by atoms with van der Waals surface area (Å²) in [5.41, 5.74) is 20.5. The minimum atomic E-state index is -0.430. The van der Waals surface area contributed by atoms with Gasteiger partial charge in [-0.3, -0.25) is 0 Å². The van der Waals surface area contributed by atoms with Crippen LogP contribution in [-0.2, 0) is 4.79 Å². The fraction of sp³-hybridized carbons (Fsp3) is 0.0143. The molecular weight excluding hydrogens is 901 g/mol. The molecule has 0 saturated carbocycles. The minimum absolute atomic E-state index is 0.364. The molecule has 354 valence electrons. The maximum Gasteiger partial charge on any atom is 0.338 e. The summed E-state index contributed by atoms with van der Waals surface area (Å²) in [6.07, 6.45) is 0. The highest BCUT2D eigenvalue weighted by molar-refractivity contribution is 5.89. The lowest BCUT2D eigenvalue weighted by atomic mass is 9.99. The fourth-order valence-corrected chi connectivity index (χ4v) is 9.37. The molecule has 0 N–H and O–H groups in total. The van der Waals surface area contributed by atoms with Crippen LogP contribution in [0.25, 0.3) is 66.8 Å². The highest BCUT2D eigenvalue weighted by atomic mass is 16.5. The molecule has 0 spiro atoms. The van der Waals surface area contributed by atoms with Crippen LogP contribution in [-0.4, -0.2) is 5.97 Å². The Hall–Kier alpha value is -9.77. The summed E-state index contributed by atoms with van der Waals surface area (Å²) in [5, 5.41) is 0. The molecule has 0 fully saturated rings. The molecule has 0 heterocycles. The molecule has 0 aliphatic rings. The molecule has 0 aromatic heterocycles. The second-order valence-corrected chi connectivity index (χ2v) is 18.3. The van der Waals surface area contributed by atoms with Crippen molar-refractivity contribution >= 4 is 40.1 Å².